The second-order valence-corrected chi connectivity index (χ2v) is 8.33. The van der Waals surface area contributed by atoms with Crippen molar-refractivity contribution in [2.75, 3.05) is 0 Å². The van der Waals surface area contributed by atoms with Gasteiger partial charge < -0.3 is 9.90 Å². The Morgan fingerprint density at radius 3 is 1.66 bits per heavy atom. The number of unbranched alkanes of at least 4 members (excludes halogenated alkanes) is 14. The van der Waals surface area contributed by atoms with Crippen molar-refractivity contribution in [1.29, 1.82) is 0 Å². The number of nitrogens with zero attached hydrogens (tertiary/aromatic N) is 2. The molecule has 1 heterocycles. The van der Waals surface area contributed by atoms with Gasteiger partial charge in [0.1, 0.15) is 12.4 Å². The molecule has 0 aliphatic carbocycles. The quantitative estimate of drug-likeness (QED) is 0.227. The summed E-state index contributed by atoms with van der Waals surface area (Å²) in [7, 11) is 0. The first-order valence-corrected chi connectivity index (χ1v) is 12.3. The maximum absolute atomic E-state index is 8.89. The summed E-state index contributed by atoms with van der Waals surface area (Å²) in [4.78, 5) is 8.89. The van der Waals surface area contributed by atoms with Crippen LogP contribution in [0.2, 0.25) is 0 Å². The highest BCUT2D eigenvalue weighted by Gasteiger charge is 2.03. The van der Waals surface area contributed by atoms with E-state index in [4.69, 9.17) is 9.90 Å². The normalized spacial score (nSPS) is 10.6. The van der Waals surface area contributed by atoms with Crippen LogP contribution in [-0.4, -0.2) is 10.5 Å². The van der Waals surface area contributed by atoms with Gasteiger partial charge in [0.2, 0.25) is 6.33 Å². The van der Waals surface area contributed by atoms with E-state index in [-0.39, 0.29) is 0 Å². The van der Waals surface area contributed by atoms with Crippen molar-refractivity contribution in [3.63, 3.8) is 0 Å². The Labute approximate surface area is 180 Å². The molecule has 4 nitrogen and oxygen atoms in total. The van der Waals surface area contributed by atoms with Crippen LogP contribution in [0, 0.1) is 0 Å². The Morgan fingerprint density at radius 1 is 0.759 bits per heavy atom. The first-order chi connectivity index (χ1) is 14.1. The van der Waals surface area contributed by atoms with Crippen molar-refractivity contribution >= 4 is 5.97 Å². The molecule has 0 fully saturated rings. The predicted octanol–water partition coefficient (Wildman–Crippen LogP) is 5.81. The summed E-state index contributed by atoms with van der Waals surface area (Å²) in [6.45, 7) is 7.94. The lowest BCUT2D eigenvalue weighted by molar-refractivity contribution is -0.696. The molecule has 1 aromatic heterocycles. The lowest BCUT2D eigenvalue weighted by Gasteiger charge is -2.01. The van der Waals surface area contributed by atoms with E-state index in [9.17, 15) is 0 Å². The molecular formula is C25H48N2O2. The van der Waals surface area contributed by atoms with E-state index in [0.717, 1.165) is 6.92 Å². The van der Waals surface area contributed by atoms with Gasteiger partial charge in [0, 0.05) is 5.97 Å². The second kappa shape index (κ2) is 21.4. The number of hydrogen-bond acceptors (Lipinski definition) is 2. The van der Waals surface area contributed by atoms with E-state index >= 15 is 0 Å². The molecule has 1 rings (SSSR count). The number of aryl methyl sites for hydroxylation is 2. The monoisotopic (exact) mass is 408 g/mol. The number of carboxylic acids is 1. The number of carbonyl (C=O) groups is 1. The van der Waals surface area contributed by atoms with Gasteiger partial charge in [0.05, 0.1) is 13.1 Å². The number of carboxylic acid groups (broad SMARTS) is 1. The predicted molar refractivity (Wildman–Crippen MR) is 121 cm³/mol. The zero-order chi connectivity index (χ0) is 21.6. The molecule has 0 spiro atoms. The van der Waals surface area contributed by atoms with E-state index in [0.29, 0.717) is 0 Å². The zero-order valence-electron chi connectivity index (χ0n) is 19.7. The maximum atomic E-state index is 8.89. The highest BCUT2D eigenvalue weighted by molar-refractivity contribution is 5.60. The number of rotatable bonds is 18. The largest absolute Gasteiger partial charge is 0.550 e. The topological polar surface area (TPSA) is 48.9 Å². The fourth-order valence-corrected chi connectivity index (χ4v) is 3.56. The molecule has 1 aromatic rings. The molecule has 0 aliphatic rings. The van der Waals surface area contributed by atoms with Crippen LogP contribution in [0.1, 0.15) is 124 Å². The SMILES string of the molecule is CC(=O)[O-].CCCCCCCCCCCCn1cc[n+](CCCCCCCC)c1. The first kappa shape index (κ1) is 27.7. The van der Waals surface area contributed by atoms with Gasteiger partial charge in [-0.3, -0.25) is 0 Å². The van der Waals surface area contributed by atoms with Gasteiger partial charge in [-0.15, -0.1) is 0 Å². The molecule has 0 unspecified atom stereocenters. The van der Waals surface area contributed by atoms with E-state index < -0.39 is 5.97 Å². The van der Waals surface area contributed by atoms with E-state index in [1.165, 1.54) is 116 Å². The van der Waals surface area contributed by atoms with Crippen LogP contribution in [0.4, 0.5) is 0 Å². The Bertz CT molecular complexity index is 467. The molecule has 170 valence electrons. The summed E-state index contributed by atoms with van der Waals surface area (Å²) < 4.78 is 4.75. The molecule has 0 aromatic carbocycles. The fraction of sp³-hybridized carbons (Fsp3) is 0.840. The van der Waals surface area contributed by atoms with Crippen molar-refractivity contribution < 1.29 is 14.5 Å². The van der Waals surface area contributed by atoms with E-state index in [2.05, 4.69) is 41.7 Å². The lowest BCUT2D eigenvalue weighted by Crippen LogP contribution is -2.30. The first-order valence-electron chi connectivity index (χ1n) is 12.3. The summed E-state index contributed by atoms with van der Waals surface area (Å²) in [5.41, 5.74) is 0. The third-order valence-corrected chi connectivity index (χ3v) is 5.29. The molecule has 0 saturated heterocycles. The van der Waals surface area contributed by atoms with Crippen LogP contribution in [-0.2, 0) is 17.9 Å². The maximum Gasteiger partial charge on any atom is 0.243 e. The molecule has 0 aliphatic heterocycles. The summed E-state index contributed by atoms with van der Waals surface area (Å²) in [6, 6.07) is 0. The Morgan fingerprint density at radius 2 is 1.17 bits per heavy atom. The van der Waals surface area contributed by atoms with Crippen LogP contribution in [0.15, 0.2) is 18.7 Å². The van der Waals surface area contributed by atoms with E-state index in [1.54, 1.807) is 0 Å². The molecular weight excluding hydrogens is 360 g/mol. The summed E-state index contributed by atoms with van der Waals surface area (Å²) in [6.07, 6.45) is 29.3. The van der Waals surface area contributed by atoms with Crippen LogP contribution < -0.4 is 9.67 Å². The molecule has 29 heavy (non-hydrogen) atoms. The minimum atomic E-state index is -1.08. The van der Waals surface area contributed by atoms with E-state index in [1.807, 2.05) is 0 Å². The smallest absolute Gasteiger partial charge is 0.243 e. The van der Waals surface area contributed by atoms with Gasteiger partial charge in [-0.05, 0) is 32.6 Å². The van der Waals surface area contributed by atoms with Gasteiger partial charge in [0.25, 0.3) is 0 Å². The summed E-state index contributed by atoms with van der Waals surface area (Å²) in [5, 5.41) is 8.89. The molecule has 0 atom stereocenters. The third-order valence-electron chi connectivity index (χ3n) is 5.29. The van der Waals surface area contributed by atoms with Crippen LogP contribution in [0.5, 0.6) is 0 Å². The lowest BCUT2D eigenvalue weighted by atomic mass is 10.1. The van der Waals surface area contributed by atoms with Crippen molar-refractivity contribution in [1.82, 2.24) is 4.57 Å². The second-order valence-electron chi connectivity index (χ2n) is 8.33. The van der Waals surface area contributed by atoms with Gasteiger partial charge in [-0.2, -0.15) is 0 Å². The third kappa shape index (κ3) is 21.2. The van der Waals surface area contributed by atoms with Crippen molar-refractivity contribution in [3.8, 4) is 0 Å². The van der Waals surface area contributed by atoms with Gasteiger partial charge in [-0.1, -0.05) is 90.9 Å². The fourth-order valence-electron chi connectivity index (χ4n) is 3.56. The van der Waals surface area contributed by atoms with Crippen LogP contribution in [0.3, 0.4) is 0 Å². The number of hydrogen-bond donors (Lipinski definition) is 0. The van der Waals surface area contributed by atoms with Crippen molar-refractivity contribution in [2.45, 2.75) is 137 Å². The minimum absolute atomic E-state index is 0.972. The molecule has 0 radical (unpaired) electrons. The average molecular weight is 409 g/mol. The highest BCUT2D eigenvalue weighted by atomic mass is 16.4. The van der Waals surface area contributed by atoms with Crippen LogP contribution in [0.25, 0.3) is 0 Å². The molecule has 0 N–H and O–H groups in total. The minimum Gasteiger partial charge on any atom is -0.550 e. The Balaban J connectivity index is 0.00000178. The summed E-state index contributed by atoms with van der Waals surface area (Å²) >= 11 is 0. The van der Waals surface area contributed by atoms with Gasteiger partial charge >= 0.3 is 0 Å². The van der Waals surface area contributed by atoms with Crippen molar-refractivity contribution in [3.05, 3.63) is 18.7 Å². The molecule has 0 amide bonds. The Hall–Kier alpha value is -1.32. The Kier molecular flexibility index (Phi) is 20.4. The highest BCUT2D eigenvalue weighted by Crippen LogP contribution is 2.11. The number of aromatic nitrogens is 2. The molecule has 0 saturated carbocycles. The standard InChI is InChI=1S/C23H45N2.C2H4O2/c1-3-5-7-9-11-12-13-14-16-18-20-25-22-21-24(23-25)19-17-15-10-8-6-4-2;1-2(3)4/h21-23H,3-20H2,1-2H3;1H3,(H,3,4)/q+1;/p-1. The van der Waals surface area contributed by atoms with Crippen molar-refractivity contribution in [2.24, 2.45) is 0 Å². The number of imidazole rings is 1. The van der Waals surface area contributed by atoms with Gasteiger partial charge in [0.15, 0.2) is 0 Å². The number of carbonyl (C=O) groups excluding carboxylic acids is 1. The molecule has 0 bridgehead atoms. The van der Waals surface area contributed by atoms with Gasteiger partial charge in [-0.25, -0.2) is 9.13 Å². The summed E-state index contributed by atoms with van der Waals surface area (Å²) in [5.74, 6) is -1.08. The number of aliphatic carboxylic acids is 1. The molecule has 4 heteroatoms. The van der Waals surface area contributed by atoms with Crippen LogP contribution >= 0.6 is 0 Å². The average Bonchev–Trinajstić information content (AvgIpc) is 3.13. The zero-order valence-corrected chi connectivity index (χ0v) is 19.7.